The molecule has 19 heavy (non-hydrogen) atoms. The SMILES string of the molecule is CCOC(OCC)C(NC)c1ccc(F)c(F)c1F. The minimum absolute atomic E-state index is 0.0340. The van der Waals surface area contributed by atoms with Gasteiger partial charge in [-0.2, -0.15) is 0 Å². The molecule has 0 aliphatic heterocycles. The summed E-state index contributed by atoms with van der Waals surface area (Å²) < 4.78 is 50.7. The van der Waals surface area contributed by atoms with Crippen LogP contribution in [-0.4, -0.2) is 26.6 Å². The Labute approximate surface area is 110 Å². The molecule has 0 aliphatic rings. The molecule has 1 atom stereocenters. The standard InChI is InChI=1S/C13H18F3NO2/c1-4-18-13(19-5-2)12(17-3)8-6-7-9(14)11(16)10(8)15/h6-7,12-13,17H,4-5H2,1-3H3. The van der Waals surface area contributed by atoms with Gasteiger partial charge in [0.2, 0.25) is 0 Å². The lowest BCUT2D eigenvalue weighted by atomic mass is 10.1. The van der Waals surface area contributed by atoms with Crippen molar-refractivity contribution in [2.45, 2.75) is 26.2 Å². The van der Waals surface area contributed by atoms with Crippen molar-refractivity contribution < 1.29 is 22.6 Å². The van der Waals surface area contributed by atoms with Crippen LogP contribution in [0.4, 0.5) is 13.2 Å². The van der Waals surface area contributed by atoms with Gasteiger partial charge in [0.05, 0.1) is 6.04 Å². The van der Waals surface area contributed by atoms with E-state index in [0.717, 1.165) is 6.07 Å². The summed E-state index contributed by atoms with van der Waals surface area (Å²) in [4.78, 5) is 0. The fourth-order valence-corrected chi connectivity index (χ4v) is 1.79. The first-order chi connectivity index (χ1) is 9.06. The summed E-state index contributed by atoms with van der Waals surface area (Å²) in [5.41, 5.74) is -0.0340. The second-order valence-electron chi connectivity index (χ2n) is 3.81. The average molecular weight is 277 g/mol. The predicted molar refractivity (Wildman–Crippen MR) is 65.2 cm³/mol. The highest BCUT2D eigenvalue weighted by Gasteiger charge is 2.27. The molecule has 3 nitrogen and oxygen atoms in total. The smallest absolute Gasteiger partial charge is 0.194 e. The Morgan fingerprint density at radius 3 is 2.11 bits per heavy atom. The summed E-state index contributed by atoms with van der Waals surface area (Å²) in [5.74, 6) is -3.95. The summed E-state index contributed by atoms with van der Waals surface area (Å²) in [6.07, 6.45) is -0.778. The first-order valence-corrected chi connectivity index (χ1v) is 6.10. The quantitative estimate of drug-likeness (QED) is 0.614. The molecule has 1 N–H and O–H groups in total. The molecule has 0 aromatic heterocycles. The first-order valence-electron chi connectivity index (χ1n) is 6.10. The number of ether oxygens (including phenoxy) is 2. The molecule has 0 heterocycles. The molecule has 0 spiro atoms. The van der Waals surface area contributed by atoms with Crippen molar-refractivity contribution in [2.75, 3.05) is 20.3 Å². The van der Waals surface area contributed by atoms with Crippen LogP contribution >= 0.6 is 0 Å². The van der Waals surface area contributed by atoms with Crippen molar-refractivity contribution in [3.8, 4) is 0 Å². The predicted octanol–water partition coefficient (Wildman–Crippen LogP) is 2.76. The van der Waals surface area contributed by atoms with Gasteiger partial charge in [-0.1, -0.05) is 6.07 Å². The summed E-state index contributed by atoms with van der Waals surface area (Å²) in [7, 11) is 1.57. The maximum Gasteiger partial charge on any atom is 0.194 e. The third kappa shape index (κ3) is 3.68. The van der Waals surface area contributed by atoms with Crippen LogP contribution in [0.5, 0.6) is 0 Å². The second-order valence-corrected chi connectivity index (χ2v) is 3.81. The second kappa shape index (κ2) is 7.47. The van der Waals surface area contributed by atoms with Gasteiger partial charge in [-0.05, 0) is 27.0 Å². The molecule has 1 aromatic rings. The number of nitrogens with one attached hydrogen (secondary N) is 1. The molecule has 108 valence electrons. The number of hydrogen-bond donors (Lipinski definition) is 1. The van der Waals surface area contributed by atoms with Gasteiger partial charge in [0.15, 0.2) is 23.7 Å². The van der Waals surface area contributed by atoms with E-state index in [1.165, 1.54) is 6.07 Å². The van der Waals surface area contributed by atoms with Crippen LogP contribution in [0.25, 0.3) is 0 Å². The molecule has 1 rings (SSSR count). The van der Waals surface area contributed by atoms with Crippen molar-refractivity contribution in [1.29, 1.82) is 0 Å². The Morgan fingerprint density at radius 2 is 1.63 bits per heavy atom. The van der Waals surface area contributed by atoms with Crippen LogP contribution in [0, 0.1) is 17.5 Å². The van der Waals surface area contributed by atoms with Crippen LogP contribution < -0.4 is 5.32 Å². The molecule has 0 saturated heterocycles. The van der Waals surface area contributed by atoms with Crippen molar-refractivity contribution in [3.63, 3.8) is 0 Å². The third-order valence-electron chi connectivity index (χ3n) is 2.65. The number of benzene rings is 1. The number of hydrogen-bond acceptors (Lipinski definition) is 3. The largest absolute Gasteiger partial charge is 0.351 e. The summed E-state index contributed by atoms with van der Waals surface area (Å²) in [6.45, 7) is 4.24. The number of likely N-dealkylation sites (N-methyl/N-ethyl adjacent to an activating group) is 1. The van der Waals surface area contributed by atoms with Crippen LogP contribution in [0.2, 0.25) is 0 Å². The Hall–Kier alpha value is -1.11. The fraction of sp³-hybridized carbons (Fsp3) is 0.538. The molecule has 0 bridgehead atoms. The van der Waals surface area contributed by atoms with Crippen LogP contribution in [0.1, 0.15) is 25.5 Å². The van der Waals surface area contributed by atoms with Crippen molar-refractivity contribution in [2.24, 2.45) is 0 Å². The number of halogens is 3. The van der Waals surface area contributed by atoms with Crippen LogP contribution in [0.3, 0.4) is 0 Å². The van der Waals surface area contributed by atoms with Gasteiger partial charge in [-0.15, -0.1) is 0 Å². The Kier molecular flexibility index (Phi) is 6.27. The topological polar surface area (TPSA) is 30.5 Å². The van der Waals surface area contributed by atoms with E-state index in [9.17, 15) is 13.2 Å². The van der Waals surface area contributed by atoms with E-state index in [-0.39, 0.29) is 5.56 Å². The van der Waals surface area contributed by atoms with Crippen molar-refractivity contribution in [1.82, 2.24) is 5.32 Å². The lowest BCUT2D eigenvalue weighted by Gasteiger charge is -2.27. The highest BCUT2D eigenvalue weighted by molar-refractivity contribution is 5.24. The average Bonchev–Trinajstić information content (AvgIpc) is 2.40. The third-order valence-corrected chi connectivity index (χ3v) is 2.65. The Balaban J connectivity index is 3.10. The highest BCUT2D eigenvalue weighted by atomic mass is 19.2. The number of rotatable bonds is 7. The van der Waals surface area contributed by atoms with Gasteiger partial charge in [0, 0.05) is 18.8 Å². The molecule has 0 radical (unpaired) electrons. The van der Waals surface area contributed by atoms with Gasteiger partial charge in [0.25, 0.3) is 0 Å². The van der Waals surface area contributed by atoms with E-state index in [1.807, 2.05) is 0 Å². The van der Waals surface area contributed by atoms with Crippen molar-refractivity contribution in [3.05, 3.63) is 35.1 Å². The van der Waals surface area contributed by atoms with Crippen molar-refractivity contribution >= 4 is 0 Å². The van der Waals surface area contributed by atoms with Crippen LogP contribution in [-0.2, 0) is 9.47 Å². The molecular formula is C13H18F3NO2. The monoisotopic (exact) mass is 277 g/mol. The molecule has 0 amide bonds. The lowest BCUT2D eigenvalue weighted by Crippen LogP contribution is -2.35. The molecule has 0 aliphatic carbocycles. The zero-order valence-corrected chi connectivity index (χ0v) is 11.2. The van der Waals surface area contributed by atoms with E-state index in [0.29, 0.717) is 13.2 Å². The Bertz CT molecular complexity index is 409. The normalized spacial score (nSPS) is 13.0. The highest BCUT2D eigenvalue weighted by Crippen LogP contribution is 2.25. The molecule has 1 unspecified atom stereocenters. The van der Waals surface area contributed by atoms with Gasteiger partial charge in [-0.25, -0.2) is 13.2 Å². The molecule has 0 fully saturated rings. The zero-order valence-electron chi connectivity index (χ0n) is 11.2. The molecule has 0 saturated carbocycles. The fourth-order valence-electron chi connectivity index (χ4n) is 1.79. The van der Waals surface area contributed by atoms with E-state index in [1.54, 1.807) is 20.9 Å². The minimum atomic E-state index is -1.50. The molecular weight excluding hydrogens is 259 g/mol. The zero-order chi connectivity index (χ0) is 14.4. The van der Waals surface area contributed by atoms with E-state index < -0.39 is 29.8 Å². The van der Waals surface area contributed by atoms with E-state index >= 15 is 0 Å². The summed E-state index contributed by atoms with van der Waals surface area (Å²) >= 11 is 0. The van der Waals surface area contributed by atoms with Gasteiger partial charge in [-0.3, -0.25) is 0 Å². The van der Waals surface area contributed by atoms with Crippen LogP contribution in [0.15, 0.2) is 12.1 Å². The lowest BCUT2D eigenvalue weighted by molar-refractivity contribution is -0.154. The first kappa shape index (κ1) is 15.9. The van der Waals surface area contributed by atoms with Gasteiger partial charge in [0.1, 0.15) is 0 Å². The maximum atomic E-state index is 13.8. The summed E-state index contributed by atoms with van der Waals surface area (Å²) in [5, 5.41) is 2.80. The summed E-state index contributed by atoms with van der Waals surface area (Å²) in [6, 6.07) is 1.34. The molecule has 6 heteroatoms. The van der Waals surface area contributed by atoms with E-state index in [4.69, 9.17) is 9.47 Å². The Morgan fingerprint density at radius 1 is 1.05 bits per heavy atom. The molecule has 1 aromatic carbocycles. The van der Waals surface area contributed by atoms with Gasteiger partial charge < -0.3 is 14.8 Å². The van der Waals surface area contributed by atoms with E-state index in [2.05, 4.69) is 5.32 Å². The van der Waals surface area contributed by atoms with Gasteiger partial charge >= 0.3 is 0 Å². The minimum Gasteiger partial charge on any atom is -0.351 e. The maximum absolute atomic E-state index is 13.8.